The standard InChI is InChI=1S/C41H32/c1-25-13-15-31-21-33(17-19-35(31)27(25)3)41(34-18-20-36-28(4)26(2)14-16-32(36)22-34)39-12-8-7-11-37(39)38-23-29-9-5-6-10-30(29)24-40(38)41/h5-24H,1-4H3. The summed E-state index contributed by atoms with van der Waals surface area (Å²) in [4.78, 5) is 0. The van der Waals surface area contributed by atoms with Crippen LogP contribution in [0.25, 0.3) is 43.4 Å². The lowest BCUT2D eigenvalue weighted by atomic mass is 9.67. The molecule has 7 aromatic carbocycles. The van der Waals surface area contributed by atoms with E-state index in [0.717, 1.165) is 0 Å². The SMILES string of the molecule is Cc1ccc2cc(C3(c4ccc5c(C)c(C)ccc5c4)c4ccccc4-c4cc5ccccc5cc43)ccc2c1C. The van der Waals surface area contributed by atoms with Crippen molar-refractivity contribution in [2.45, 2.75) is 33.1 Å². The third kappa shape index (κ3) is 3.28. The van der Waals surface area contributed by atoms with Crippen LogP contribution in [0, 0.1) is 27.7 Å². The first kappa shape index (κ1) is 24.1. The van der Waals surface area contributed by atoms with Crippen LogP contribution in [-0.4, -0.2) is 0 Å². The molecule has 41 heavy (non-hydrogen) atoms. The molecule has 0 saturated heterocycles. The molecular formula is C41H32. The Hall–Kier alpha value is -4.68. The molecule has 0 atom stereocenters. The Morgan fingerprint density at radius 1 is 0.390 bits per heavy atom. The van der Waals surface area contributed by atoms with Crippen molar-refractivity contribution in [3.63, 3.8) is 0 Å². The molecule has 0 heteroatoms. The maximum Gasteiger partial charge on any atom is 0.0714 e. The van der Waals surface area contributed by atoms with Crippen LogP contribution < -0.4 is 0 Å². The summed E-state index contributed by atoms with van der Waals surface area (Å²) < 4.78 is 0. The fourth-order valence-corrected chi connectivity index (χ4v) is 7.41. The van der Waals surface area contributed by atoms with Gasteiger partial charge in [-0.05, 0) is 140 Å². The number of hydrogen-bond donors (Lipinski definition) is 0. The van der Waals surface area contributed by atoms with Gasteiger partial charge in [-0.2, -0.15) is 0 Å². The summed E-state index contributed by atoms with van der Waals surface area (Å²) in [5.74, 6) is 0. The van der Waals surface area contributed by atoms with Crippen molar-refractivity contribution < 1.29 is 0 Å². The first-order valence-electron chi connectivity index (χ1n) is 14.6. The van der Waals surface area contributed by atoms with Crippen molar-refractivity contribution in [2.24, 2.45) is 0 Å². The molecule has 0 unspecified atom stereocenters. The van der Waals surface area contributed by atoms with E-state index in [1.54, 1.807) is 0 Å². The van der Waals surface area contributed by atoms with Gasteiger partial charge >= 0.3 is 0 Å². The molecule has 0 aliphatic heterocycles. The zero-order chi connectivity index (χ0) is 27.9. The molecule has 0 N–H and O–H groups in total. The lowest BCUT2D eigenvalue weighted by Crippen LogP contribution is -2.28. The average Bonchev–Trinajstić information content (AvgIpc) is 3.29. The minimum absolute atomic E-state index is 0.435. The molecular weight excluding hydrogens is 492 g/mol. The molecule has 0 aromatic heterocycles. The van der Waals surface area contributed by atoms with E-state index >= 15 is 0 Å². The van der Waals surface area contributed by atoms with Crippen LogP contribution in [-0.2, 0) is 5.41 Å². The topological polar surface area (TPSA) is 0 Å². The Labute approximate surface area is 241 Å². The minimum atomic E-state index is -0.435. The molecule has 7 aromatic rings. The fraction of sp³-hybridized carbons (Fsp3) is 0.122. The van der Waals surface area contributed by atoms with Crippen molar-refractivity contribution in [1.82, 2.24) is 0 Å². The Morgan fingerprint density at radius 2 is 0.927 bits per heavy atom. The zero-order valence-electron chi connectivity index (χ0n) is 24.0. The van der Waals surface area contributed by atoms with Gasteiger partial charge in [0.25, 0.3) is 0 Å². The number of aryl methyl sites for hydroxylation is 4. The molecule has 1 aliphatic rings. The van der Waals surface area contributed by atoms with Gasteiger partial charge in [0.15, 0.2) is 0 Å². The van der Waals surface area contributed by atoms with Crippen LogP contribution in [0.4, 0.5) is 0 Å². The van der Waals surface area contributed by atoms with Crippen LogP contribution in [0.3, 0.4) is 0 Å². The van der Waals surface area contributed by atoms with Crippen LogP contribution in [0.2, 0.25) is 0 Å². The van der Waals surface area contributed by atoms with E-state index < -0.39 is 5.41 Å². The van der Waals surface area contributed by atoms with Gasteiger partial charge < -0.3 is 0 Å². The van der Waals surface area contributed by atoms with Gasteiger partial charge in [0, 0.05) is 0 Å². The molecule has 0 radical (unpaired) electrons. The molecule has 1 aliphatic carbocycles. The normalized spacial score (nSPS) is 13.6. The third-order valence-corrected chi connectivity index (χ3v) is 9.90. The fourth-order valence-electron chi connectivity index (χ4n) is 7.41. The third-order valence-electron chi connectivity index (χ3n) is 9.90. The summed E-state index contributed by atoms with van der Waals surface area (Å²) in [5.41, 5.74) is 13.0. The number of fused-ring (bicyclic) bond motifs is 6. The average molecular weight is 525 g/mol. The number of rotatable bonds is 2. The molecule has 0 nitrogen and oxygen atoms in total. The zero-order valence-corrected chi connectivity index (χ0v) is 24.0. The molecule has 0 saturated carbocycles. The largest absolute Gasteiger partial charge is 0.0714 e. The van der Waals surface area contributed by atoms with Gasteiger partial charge in [-0.15, -0.1) is 0 Å². The summed E-state index contributed by atoms with van der Waals surface area (Å²) >= 11 is 0. The molecule has 0 amide bonds. The van der Waals surface area contributed by atoms with Gasteiger partial charge in [0.05, 0.1) is 5.41 Å². The molecule has 0 bridgehead atoms. The van der Waals surface area contributed by atoms with Gasteiger partial charge in [-0.3, -0.25) is 0 Å². The number of hydrogen-bond acceptors (Lipinski definition) is 0. The van der Waals surface area contributed by atoms with Crippen LogP contribution in [0.5, 0.6) is 0 Å². The summed E-state index contributed by atoms with van der Waals surface area (Å²) in [7, 11) is 0. The molecule has 0 fully saturated rings. The maximum atomic E-state index is 2.46. The highest BCUT2D eigenvalue weighted by Crippen LogP contribution is 2.57. The van der Waals surface area contributed by atoms with Gasteiger partial charge in [-0.1, -0.05) is 97.1 Å². The Balaban J connectivity index is 1.54. The highest BCUT2D eigenvalue weighted by Gasteiger charge is 2.46. The monoisotopic (exact) mass is 524 g/mol. The van der Waals surface area contributed by atoms with E-state index in [-0.39, 0.29) is 0 Å². The highest BCUT2D eigenvalue weighted by atomic mass is 14.5. The van der Waals surface area contributed by atoms with E-state index in [9.17, 15) is 0 Å². The molecule has 0 heterocycles. The van der Waals surface area contributed by atoms with Gasteiger partial charge in [-0.25, -0.2) is 0 Å². The minimum Gasteiger partial charge on any atom is -0.0619 e. The summed E-state index contributed by atoms with van der Waals surface area (Å²) in [6.07, 6.45) is 0. The van der Waals surface area contributed by atoms with Crippen molar-refractivity contribution in [3.8, 4) is 11.1 Å². The second-order valence-electron chi connectivity index (χ2n) is 11.9. The lowest BCUT2D eigenvalue weighted by Gasteiger charge is -2.34. The van der Waals surface area contributed by atoms with E-state index in [1.165, 1.54) is 88.0 Å². The summed E-state index contributed by atoms with van der Waals surface area (Å²) in [6, 6.07) is 46.2. The molecule has 8 rings (SSSR count). The maximum absolute atomic E-state index is 2.46. The second-order valence-corrected chi connectivity index (χ2v) is 11.9. The Kier molecular flexibility index (Phi) is 5.10. The number of benzene rings is 7. The van der Waals surface area contributed by atoms with E-state index in [2.05, 4.69) is 149 Å². The second kappa shape index (κ2) is 8.66. The highest BCUT2D eigenvalue weighted by molar-refractivity contribution is 5.98. The van der Waals surface area contributed by atoms with Crippen molar-refractivity contribution in [3.05, 3.63) is 166 Å². The van der Waals surface area contributed by atoms with E-state index in [1.807, 2.05) is 0 Å². The predicted octanol–water partition coefficient (Wildman–Crippen LogP) is 10.7. The quantitative estimate of drug-likeness (QED) is 0.211. The molecule has 196 valence electrons. The van der Waals surface area contributed by atoms with E-state index in [0.29, 0.717) is 0 Å². The first-order chi connectivity index (χ1) is 20.0. The summed E-state index contributed by atoms with van der Waals surface area (Å²) in [5, 5.41) is 7.82. The van der Waals surface area contributed by atoms with Crippen molar-refractivity contribution in [1.29, 1.82) is 0 Å². The Morgan fingerprint density at radius 3 is 1.54 bits per heavy atom. The smallest absolute Gasteiger partial charge is 0.0619 e. The van der Waals surface area contributed by atoms with Crippen LogP contribution >= 0.6 is 0 Å². The van der Waals surface area contributed by atoms with Crippen molar-refractivity contribution in [2.75, 3.05) is 0 Å². The van der Waals surface area contributed by atoms with Crippen molar-refractivity contribution >= 4 is 32.3 Å². The first-order valence-corrected chi connectivity index (χ1v) is 14.6. The van der Waals surface area contributed by atoms with Crippen LogP contribution in [0.15, 0.2) is 121 Å². The van der Waals surface area contributed by atoms with Gasteiger partial charge in [0.1, 0.15) is 0 Å². The van der Waals surface area contributed by atoms with Crippen LogP contribution in [0.1, 0.15) is 44.5 Å². The lowest BCUT2D eigenvalue weighted by molar-refractivity contribution is 0.772. The van der Waals surface area contributed by atoms with E-state index in [4.69, 9.17) is 0 Å². The summed E-state index contributed by atoms with van der Waals surface area (Å²) in [6.45, 7) is 8.90. The molecule has 0 spiro atoms. The predicted molar refractivity (Wildman–Crippen MR) is 175 cm³/mol. The van der Waals surface area contributed by atoms with Gasteiger partial charge in [0.2, 0.25) is 0 Å². The Bertz CT molecular complexity index is 2100.